The van der Waals surface area contributed by atoms with E-state index in [1.165, 1.54) is 6.07 Å². The molecule has 0 aliphatic carbocycles. The summed E-state index contributed by atoms with van der Waals surface area (Å²) in [6.45, 7) is 3.26. The predicted octanol–water partition coefficient (Wildman–Crippen LogP) is 4.87. The molecule has 5 rings (SSSR count). The summed E-state index contributed by atoms with van der Waals surface area (Å²) in [6.07, 6.45) is 3.54. The summed E-state index contributed by atoms with van der Waals surface area (Å²) in [5.74, 6) is -0.253. The average molecular weight is 390 g/mol. The molecule has 2 aromatic carbocycles. The van der Waals surface area contributed by atoms with Crippen molar-refractivity contribution in [3.05, 3.63) is 77.9 Å². The monoisotopic (exact) mass is 390 g/mol. The van der Waals surface area contributed by atoms with Crippen LogP contribution in [0, 0.1) is 12.7 Å². The summed E-state index contributed by atoms with van der Waals surface area (Å²) < 4.78 is 16.0. The van der Waals surface area contributed by atoms with Gasteiger partial charge in [-0.2, -0.15) is 0 Å². The minimum absolute atomic E-state index is 0.0805. The van der Waals surface area contributed by atoms with E-state index in [-0.39, 0.29) is 17.4 Å². The van der Waals surface area contributed by atoms with Crippen LogP contribution < -0.4 is 10.6 Å². The molecule has 0 bridgehead atoms. The third-order valence-electron chi connectivity index (χ3n) is 6.00. The zero-order valence-electron chi connectivity index (χ0n) is 16.3. The van der Waals surface area contributed by atoms with Crippen LogP contribution in [0.4, 0.5) is 20.6 Å². The summed E-state index contributed by atoms with van der Waals surface area (Å²) in [5, 5.41) is 6.59. The number of rotatable bonds is 1. The topological polar surface area (TPSA) is 49.3 Å². The second-order valence-corrected chi connectivity index (χ2v) is 7.92. The number of anilines is 2. The molecule has 6 heteroatoms. The number of halogens is 1. The Bertz CT molecular complexity index is 1080. The van der Waals surface area contributed by atoms with Gasteiger partial charge >= 0.3 is 6.03 Å². The van der Waals surface area contributed by atoms with Gasteiger partial charge in [-0.1, -0.05) is 12.1 Å². The van der Waals surface area contributed by atoms with Gasteiger partial charge in [-0.3, -0.25) is 0 Å². The molecule has 1 fully saturated rings. The molecule has 5 nitrogen and oxygen atoms in total. The minimum Gasteiger partial charge on any atom is -0.372 e. The fourth-order valence-corrected chi connectivity index (χ4v) is 4.52. The highest BCUT2D eigenvalue weighted by Gasteiger charge is 2.42. The van der Waals surface area contributed by atoms with Gasteiger partial charge in [-0.15, -0.1) is 0 Å². The summed E-state index contributed by atoms with van der Waals surface area (Å²) in [4.78, 5) is 14.6. The highest BCUT2D eigenvalue weighted by molar-refractivity contribution is 5.89. The molecule has 2 N–H and O–H groups in total. The maximum Gasteiger partial charge on any atom is 0.321 e. The SMILES string of the molecule is Cc1cccc(NC(=O)N2CCC3(CC2)Nc2cc(F)ccc2-n2cccc23)c1. The van der Waals surface area contributed by atoms with Gasteiger partial charge in [0.15, 0.2) is 0 Å². The first-order chi connectivity index (χ1) is 14.0. The van der Waals surface area contributed by atoms with E-state index >= 15 is 0 Å². The van der Waals surface area contributed by atoms with Crippen molar-refractivity contribution in [2.45, 2.75) is 25.3 Å². The number of carbonyl (C=O) groups is 1. The summed E-state index contributed by atoms with van der Waals surface area (Å²) in [6, 6.07) is 16.7. The Balaban J connectivity index is 1.35. The van der Waals surface area contributed by atoms with E-state index < -0.39 is 0 Å². The number of fused-ring (bicyclic) bond motifs is 4. The molecule has 3 aromatic rings. The van der Waals surface area contributed by atoms with Crippen molar-refractivity contribution in [3.63, 3.8) is 0 Å². The average Bonchev–Trinajstić information content (AvgIpc) is 3.19. The molecule has 148 valence electrons. The second-order valence-electron chi connectivity index (χ2n) is 7.92. The Morgan fingerprint density at radius 2 is 1.93 bits per heavy atom. The molecule has 1 saturated heterocycles. The number of aromatic nitrogens is 1. The van der Waals surface area contributed by atoms with Crippen molar-refractivity contribution in [1.29, 1.82) is 0 Å². The summed E-state index contributed by atoms with van der Waals surface area (Å²) in [7, 11) is 0. The van der Waals surface area contributed by atoms with Crippen molar-refractivity contribution < 1.29 is 9.18 Å². The van der Waals surface area contributed by atoms with Gasteiger partial charge in [0.25, 0.3) is 0 Å². The van der Waals surface area contributed by atoms with Crippen molar-refractivity contribution >= 4 is 17.4 Å². The summed E-state index contributed by atoms with van der Waals surface area (Å²) in [5.41, 5.74) is 4.53. The minimum atomic E-state index is -0.301. The van der Waals surface area contributed by atoms with E-state index in [1.807, 2.05) is 48.4 Å². The molecule has 2 aliphatic rings. The molecule has 1 aromatic heterocycles. The van der Waals surface area contributed by atoms with E-state index in [0.717, 1.165) is 41.2 Å². The third kappa shape index (κ3) is 3.05. The molecule has 2 amide bonds. The van der Waals surface area contributed by atoms with E-state index in [1.54, 1.807) is 12.1 Å². The molecule has 0 saturated carbocycles. The first-order valence-electron chi connectivity index (χ1n) is 9.93. The standard InChI is InChI=1S/C23H23FN4O/c1-16-4-2-5-18(14-16)25-22(29)27-12-9-23(10-13-27)21-6-3-11-28(21)20-8-7-17(24)15-19(20)26-23/h2-8,11,14-15,26H,9-10,12-13H2,1H3,(H,25,29). The van der Waals surface area contributed by atoms with Crippen LogP contribution in [-0.2, 0) is 5.54 Å². The number of nitrogens with one attached hydrogen (secondary N) is 2. The zero-order valence-corrected chi connectivity index (χ0v) is 16.3. The first kappa shape index (κ1) is 17.8. The van der Waals surface area contributed by atoms with E-state index in [4.69, 9.17) is 0 Å². The van der Waals surface area contributed by atoms with Crippen LogP contribution in [0.25, 0.3) is 5.69 Å². The Labute approximate surface area is 169 Å². The van der Waals surface area contributed by atoms with Crippen LogP contribution >= 0.6 is 0 Å². The molecule has 29 heavy (non-hydrogen) atoms. The number of carbonyl (C=O) groups excluding carboxylic acids is 1. The molecule has 0 atom stereocenters. The lowest BCUT2D eigenvalue weighted by atomic mass is 9.82. The van der Waals surface area contributed by atoms with Gasteiger partial charge in [0.1, 0.15) is 5.82 Å². The zero-order chi connectivity index (χ0) is 20.0. The molecule has 0 radical (unpaired) electrons. The van der Waals surface area contributed by atoms with Gasteiger partial charge in [-0.05, 0) is 67.8 Å². The third-order valence-corrected chi connectivity index (χ3v) is 6.00. The lowest BCUT2D eigenvalue weighted by Gasteiger charge is -2.46. The van der Waals surface area contributed by atoms with Crippen molar-refractivity contribution in [2.24, 2.45) is 0 Å². The van der Waals surface area contributed by atoms with Crippen LogP contribution in [0.15, 0.2) is 60.8 Å². The van der Waals surface area contributed by atoms with Crippen molar-refractivity contribution in [2.75, 3.05) is 23.7 Å². The van der Waals surface area contributed by atoms with Crippen LogP contribution in [0.5, 0.6) is 0 Å². The number of amides is 2. The molecular weight excluding hydrogens is 367 g/mol. The number of piperidine rings is 1. The first-order valence-corrected chi connectivity index (χ1v) is 9.93. The molecule has 0 unspecified atom stereocenters. The van der Waals surface area contributed by atoms with Crippen LogP contribution in [-0.4, -0.2) is 28.6 Å². The quantitative estimate of drug-likeness (QED) is 0.623. The largest absolute Gasteiger partial charge is 0.372 e. The lowest BCUT2D eigenvalue weighted by molar-refractivity contribution is 0.174. The highest BCUT2D eigenvalue weighted by atomic mass is 19.1. The lowest BCUT2D eigenvalue weighted by Crippen LogP contribution is -2.51. The van der Waals surface area contributed by atoms with Crippen LogP contribution in [0.1, 0.15) is 24.1 Å². The van der Waals surface area contributed by atoms with Crippen LogP contribution in [0.3, 0.4) is 0 Å². The Morgan fingerprint density at radius 3 is 2.72 bits per heavy atom. The Kier molecular flexibility index (Phi) is 4.08. The number of urea groups is 1. The fraction of sp³-hybridized carbons (Fsp3) is 0.261. The molecule has 2 aliphatic heterocycles. The maximum atomic E-state index is 13.8. The summed E-state index contributed by atoms with van der Waals surface area (Å²) >= 11 is 0. The van der Waals surface area contributed by atoms with E-state index in [9.17, 15) is 9.18 Å². The maximum absolute atomic E-state index is 13.8. The normalized spacial score (nSPS) is 16.7. The van der Waals surface area contributed by atoms with Gasteiger partial charge in [0.2, 0.25) is 0 Å². The van der Waals surface area contributed by atoms with Gasteiger partial charge < -0.3 is 20.1 Å². The molecule has 3 heterocycles. The van der Waals surface area contributed by atoms with E-state index in [0.29, 0.717) is 13.1 Å². The number of aryl methyl sites for hydroxylation is 1. The van der Waals surface area contributed by atoms with Crippen molar-refractivity contribution in [1.82, 2.24) is 9.47 Å². The molecule has 1 spiro atoms. The number of benzene rings is 2. The van der Waals surface area contributed by atoms with Gasteiger partial charge in [-0.25, -0.2) is 9.18 Å². The highest BCUT2D eigenvalue weighted by Crippen LogP contribution is 2.43. The van der Waals surface area contributed by atoms with Gasteiger partial charge in [0, 0.05) is 30.7 Å². The number of hydrogen-bond acceptors (Lipinski definition) is 2. The fourth-order valence-electron chi connectivity index (χ4n) is 4.52. The molecular formula is C23H23FN4O. The predicted molar refractivity (Wildman–Crippen MR) is 112 cm³/mol. The number of hydrogen-bond donors (Lipinski definition) is 2. The van der Waals surface area contributed by atoms with Crippen molar-refractivity contribution in [3.8, 4) is 5.69 Å². The van der Waals surface area contributed by atoms with Crippen LogP contribution in [0.2, 0.25) is 0 Å². The number of likely N-dealkylation sites (tertiary alicyclic amines) is 1. The Morgan fingerprint density at radius 1 is 1.10 bits per heavy atom. The Hall–Kier alpha value is -3.28. The number of nitrogens with zero attached hydrogens (tertiary/aromatic N) is 2. The van der Waals surface area contributed by atoms with E-state index in [2.05, 4.69) is 21.3 Å². The van der Waals surface area contributed by atoms with Gasteiger partial charge in [0.05, 0.1) is 16.9 Å². The smallest absolute Gasteiger partial charge is 0.321 e. The second kappa shape index (κ2) is 6.65.